The quantitative estimate of drug-likeness (QED) is 0.801. The number of benzene rings is 2. The molecule has 0 saturated carbocycles. The monoisotopic (exact) mass is 379 g/mol. The lowest BCUT2D eigenvalue weighted by Crippen LogP contribution is -2.49. The van der Waals surface area contributed by atoms with Crippen LogP contribution < -0.4 is 0 Å². The van der Waals surface area contributed by atoms with Gasteiger partial charge in [-0.3, -0.25) is 4.79 Å². The lowest BCUT2D eigenvalue weighted by molar-refractivity contribution is -0.125. The van der Waals surface area contributed by atoms with E-state index in [9.17, 15) is 9.90 Å². The molecule has 4 atom stereocenters. The van der Waals surface area contributed by atoms with Gasteiger partial charge < -0.3 is 10.0 Å². The second-order valence-electron chi connectivity index (χ2n) is 8.77. The summed E-state index contributed by atoms with van der Waals surface area (Å²) >= 11 is 0. The molecule has 1 aliphatic heterocycles. The first kappa shape index (κ1) is 20.8. The molecular formula is C25H33NO2. The van der Waals surface area contributed by atoms with Crippen LogP contribution in [0.5, 0.6) is 0 Å². The number of Topliss-reactive ketones (excluding diaryl/α,β-unsaturated/α-hetero) is 1. The smallest absolute Gasteiger partial charge is 0.137 e. The van der Waals surface area contributed by atoms with Crippen LogP contribution in [-0.4, -0.2) is 35.4 Å². The Morgan fingerprint density at radius 2 is 1.93 bits per heavy atom. The summed E-state index contributed by atoms with van der Waals surface area (Å²) in [6.07, 6.45) is 0.308. The highest BCUT2D eigenvalue weighted by atomic mass is 16.3. The van der Waals surface area contributed by atoms with E-state index in [0.717, 1.165) is 25.1 Å². The second-order valence-corrected chi connectivity index (χ2v) is 8.77. The molecule has 1 unspecified atom stereocenters. The summed E-state index contributed by atoms with van der Waals surface area (Å²) in [5, 5.41) is 10.8. The molecule has 1 fully saturated rings. The van der Waals surface area contributed by atoms with E-state index in [1.165, 1.54) is 11.1 Å². The standard InChI is InChI=1S/C25H33NO2/c1-18-9-8-12-22(15-18)25(4)13-14-26(16-19(25)2)17-23(20(3)27)24(28)21-10-6-5-7-11-21/h5-12,15,19,23-24,28H,13-14,16-17H2,1-4H3/t19-,23?,24+,25+/m0/s1. The third kappa shape index (κ3) is 4.37. The minimum Gasteiger partial charge on any atom is -0.388 e. The topological polar surface area (TPSA) is 40.5 Å². The van der Waals surface area contributed by atoms with Crippen molar-refractivity contribution in [3.63, 3.8) is 0 Å². The van der Waals surface area contributed by atoms with Crippen molar-refractivity contribution in [2.45, 2.75) is 45.6 Å². The molecule has 1 aliphatic rings. The maximum Gasteiger partial charge on any atom is 0.137 e. The van der Waals surface area contributed by atoms with Gasteiger partial charge in [-0.25, -0.2) is 0 Å². The van der Waals surface area contributed by atoms with Crippen LogP contribution in [0, 0.1) is 18.8 Å². The van der Waals surface area contributed by atoms with E-state index in [2.05, 4.69) is 49.9 Å². The molecule has 0 amide bonds. The van der Waals surface area contributed by atoms with Crippen LogP contribution in [0.15, 0.2) is 54.6 Å². The first-order chi connectivity index (χ1) is 13.3. The molecule has 0 radical (unpaired) electrons. The minimum atomic E-state index is -0.751. The van der Waals surface area contributed by atoms with Crippen molar-refractivity contribution < 1.29 is 9.90 Å². The highest BCUT2D eigenvalue weighted by molar-refractivity contribution is 5.79. The Morgan fingerprint density at radius 3 is 2.54 bits per heavy atom. The summed E-state index contributed by atoms with van der Waals surface area (Å²) in [6.45, 7) is 10.9. The number of carbonyl (C=O) groups excluding carboxylic acids is 1. The van der Waals surface area contributed by atoms with E-state index in [-0.39, 0.29) is 11.2 Å². The van der Waals surface area contributed by atoms with Crippen LogP contribution in [0.4, 0.5) is 0 Å². The second kappa shape index (κ2) is 8.59. The van der Waals surface area contributed by atoms with Crippen LogP contribution in [-0.2, 0) is 10.2 Å². The summed E-state index contributed by atoms with van der Waals surface area (Å²) < 4.78 is 0. The highest BCUT2D eigenvalue weighted by Crippen LogP contribution is 2.40. The predicted molar refractivity (Wildman–Crippen MR) is 114 cm³/mol. The zero-order chi connectivity index (χ0) is 20.3. The largest absolute Gasteiger partial charge is 0.388 e. The van der Waals surface area contributed by atoms with Gasteiger partial charge in [-0.1, -0.05) is 74.0 Å². The fourth-order valence-corrected chi connectivity index (χ4v) is 4.52. The van der Waals surface area contributed by atoms with Gasteiger partial charge in [0.1, 0.15) is 5.78 Å². The number of rotatable bonds is 6. The summed E-state index contributed by atoms with van der Waals surface area (Å²) in [6, 6.07) is 18.4. The third-order valence-corrected chi connectivity index (χ3v) is 6.74. The Balaban J connectivity index is 1.71. The van der Waals surface area contributed by atoms with Gasteiger partial charge in [0.05, 0.1) is 12.0 Å². The first-order valence-corrected chi connectivity index (χ1v) is 10.3. The molecule has 3 rings (SSSR count). The van der Waals surface area contributed by atoms with E-state index >= 15 is 0 Å². The average Bonchev–Trinajstić information content (AvgIpc) is 2.69. The minimum absolute atomic E-state index is 0.0519. The number of ketones is 1. The van der Waals surface area contributed by atoms with Crippen LogP contribution in [0.3, 0.4) is 0 Å². The van der Waals surface area contributed by atoms with Gasteiger partial charge in [0.15, 0.2) is 0 Å². The fourth-order valence-electron chi connectivity index (χ4n) is 4.52. The number of piperidine rings is 1. The van der Waals surface area contributed by atoms with E-state index in [4.69, 9.17) is 0 Å². The Labute approximate surface area is 169 Å². The molecule has 1 saturated heterocycles. The molecule has 3 heteroatoms. The third-order valence-electron chi connectivity index (χ3n) is 6.74. The molecule has 28 heavy (non-hydrogen) atoms. The maximum absolute atomic E-state index is 12.3. The number of hydrogen-bond acceptors (Lipinski definition) is 3. The summed E-state index contributed by atoms with van der Waals surface area (Å²) in [5.41, 5.74) is 3.67. The predicted octanol–water partition coefficient (Wildman–Crippen LogP) is 4.53. The Hall–Kier alpha value is -1.97. The molecule has 0 aliphatic carbocycles. The Morgan fingerprint density at radius 1 is 1.21 bits per heavy atom. The first-order valence-electron chi connectivity index (χ1n) is 10.3. The SMILES string of the molecule is CC(=O)C(CN1CC[C@@](C)(c2cccc(C)c2)[C@@H](C)C1)[C@H](O)c1ccccc1. The van der Waals surface area contributed by atoms with Crippen LogP contribution in [0.2, 0.25) is 0 Å². The molecule has 3 nitrogen and oxygen atoms in total. The zero-order valence-electron chi connectivity index (χ0n) is 17.6. The van der Waals surface area contributed by atoms with Crippen molar-refractivity contribution in [1.29, 1.82) is 0 Å². The van der Waals surface area contributed by atoms with Crippen molar-refractivity contribution in [2.75, 3.05) is 19.6 Å². The van der Waals surface area contributed by atoms with Crippen LogP contribution >= 0.6 is 0 Å². The Kier molecular flexibility index (Phi) is 6.36. The number of aryl methyl sites for hydroxylation is 1. The van der Waals surface area contributed by atoms with Gasteiger partial charge in [0.25, 0.3) is 0 Å². The summed E-state index contributed by atoms with van der Waals surface area (Å²) in [5.74, 6) is 0.137. The molecule has 150 valence electrons. The molecule has 2 aromatic rings. The summed E-state index contributed by atoms with van der Waals surface area (Å²) in [4.78, 5) is 14.7. The van der Waals surface area contributed by atoms with E-state index in [0.29, 0.717) is 12.5 Å². The number of aliphatic hydroxyl groups is 1. The van der Waals surface area contributed by atoms with E-state index < -0.39 is 12.0 Å². The fraction of sp³-hybridized carbons (Fsp3) is 0.480. The lowest BCUT2D eigenvalue weighted by atomic mass is 9.67. The molecule has 0 bridgehead atoms. The van der Waals surface area contributed by atoms with Crippen LogP contribution in [0.1, 0.15) is 50.0 Å². The van der Waals surface area contributed by atoms with Gasteiger partial charge in [0, 0.05) is 13.1 Å². The van der Waals surface area contributed by atoms with Crippen molar-refractivity contribution in [3.8, 4) is 0 Å². The van der Waals surface area contributed by atoms with Crippen LogP contribution in [0.25, 0.3) is 0 Å². The number of aliphatic hydroxyl groups excluding tert-OH is 1. The maximum atomic E-state index is 12.3. The zero-order valence-corrected chi connectivity index (χ0v) is 17.6. The van der Waals surface area contributed by atoms with Gasteiger partial charge in [-0.2, -0.15) is 0 Å². The molecule has 1 heterocycles. The van der Waals surface area contributed by atoms with Crippen molar-refractivity contribution in [2.24, 2.45) is 11.8 Å². The number of likely N-dealkylation sites (tertiary alicyclic amines) is 1. The molecular weight excluding hydrogens is 346 g/mol. The van der Waals surface area contributed by atoms with Gasteiger partial charge >= 0.3 is 0 Å². The molecule has 0 spiro atoms. The number of carbonyl (C=O) groups is 1. The number of hydrogen-bond donors (Lipinski definition) is 1. The van der Waals surface area contributed by atoms with Crippen molar-refractivity contribution >= 4 is 5.78 Å². The van der Waals surface area contributed by atoms with Gasteiger partial charge in [0.2, 0.25) is 0 Å². The van der Waals surface area contributed by atoms with Gasteiger partial charge in [-0.05, 0) is 49.3 Å². The molecule has 1 N–H and O–H groups in total. The average molecular weight is 380 g/mol. The lowest BCUT2D eigenvalue weighted by Gasteiger charge is -2.46. The highest BCUT2D eigenvalue weighted by Gasteiger charge is 2.39. The van der Waals surface area contributed by atoms with E-state index in [1.807, 2.05) is 30.3 Å². The number of nitrogens with zero attached hydrogens (tertiary/aromatic N) is 1. The van der Waals surface area contributed by atoms with E-state index in [1.54, 1.807) is 6.92 Å². The molecule has 2 aromatic carbocycles. The molecule has 0 aromatic heterocycles. The van der Waals surface area contributed by atoms with Crippen molar-refractivity contribution in [1.82, 2.24) is 4.90 Å². The Bertz CT molecular complexity index is 803. The van der Waals surface area contributed by atoms with Crippen molar-refractivity contribution in [3.05, 3.63) is 71.3 Å². The summed E-state index contributed by atoms with van der Waals surface area (Å²) in [7, 11) is 0. The van der Waals surface area contributed by atoms with Gasteiger partial charge in [-0.15, -0.1) is 0 Å². The normalized spacial score (nSPS) is 25.2.